The summed E-state index contributed by atoms with van der Waals surface area (Å²) in [6.45, 7) is 1.08. The first-order valence-corrected chi connectivity index (χ1v) is 8.07. The van der Waals surface area contributed by atoms with Gasteiger partial charge in [-0.3, -0.25) is 0 Å². The van der Waals surface area contributed by atoms with Crippen molar-refractivity contribution in [3.63, 3.8) is 0 Å². The van der Waals surface area contributed by atoms with Gasteiger partial charge in [0.05, 0.1) is 6.26 Å². The van der Waals surface area contributed by atoms with Gasteiger partial charge < -0.3 is 14.3 Å². The highest BCUT2D eigenvalue weighted by Gasteiger charge is 2.41. The summed E-state index contributed by atoms with van der Waals surface area (Å²) >= 11 is 0. The van der Waals surface area contributed by atoms with Gasteiger partial charge in [-0.25, -0.2) is 4.98 Å². The lowest BCUT2D eigenvalue weighted by Gasteiger charge is -2.21. The molecule has 0 saturated heterocycles. The maximum atomic E-state index is 5.64. The van der Waals surface area contributed by atoms with E-state index in [9.17, 15) is 0 Å². The van der Waals surface area contributed by atoms with E-state index in [4.69, 9.17) is 4.42 Å². The molecule has 4 rings (SSSR count). The van der Waals surface area contributed by atoms with Gasteiger partial charge in [-0.05, 0) is 62.1 Å². The molecular formula is C17H23N3O. The number of rotatable bonds is 7. The third-order valence-corrected chi connectivity index (χ3v) is 4.96. The van der Waals surface area contributed by atoms with Gasteiger partial charge >= 0.3 is 0 Å². The summed E-state index contributed by atoms with van der Waals surface area (Å²) in [6.07, 6.45) is 11.3. The predicted molar refractivity (Wildman–Crippen MR) is 80.7 cm³/mol. The standard InChI is InChI=1S/C17H23N3O/c1-20-9-8-18-17(20)16(15-3-2-10-21-15)19-11-14(12-4-5-12)13-6-7-13/h2-3,8-10,12-14,16,19H,4-7,11H2,1H3. The van der Waals surface area contributed by atoms with E-state index < -0.39 is 0 Å². The Labute approximate surface area is 125 Å². The van der Waals surface area contributed by atoms with E-state index in [0.717, 1.165) is 35.9 Å². The van der Waals surface area contributed by atoms with Crippen LogP contribution in [-0.2, 0) is 7.05 Å². The Bertz CT molecular complexity index is 569. The van der Waals surface area contributed by atoms with E-state index in [1.165, 1.54) is 25.7 Å². The summed E-state index contributed by atoms with van der Waals surface area (Å²) in [4.78, 5) is 4.51. The molecule has 0 radical (unpaired) electrons. The maximum Gasteiger partial charge on any atom is 0.133 e. The third kappa shape index (κ3) is 2.77. The molecule has 4 nitrogen and oxygen atoms in total. The fourth-order valence-corrected chi connectivity index (χ4v) is 3.45. The zero-order valence-corrected chi connectivity index (χ0v) is 12.5. The Morgan fingerprint density at radius 1 is 1.33 bits per heavy atom. The van der Waals surface area contributed by atoms with Gasteiger partial charge in [0.2, 0.25) is 0 Å². The van der Waals surface area contributed by atoms with Crippen LogP contribution in [0.3, 0.4) is 0 Å². The maximum absolute atomic E-state index is 5.64. The Hall–Kier alpha value is -1.55. The van der Waals surface area contributed by atoms with Crippen molar-refractivity contribution in [3.05, 3.63) is 42.4 Å². The lowest BCUT2D eigenvalue weighted by atomic mass is 9.97. The van der Waals surface area contributed by atoms with Gasteiger partial charge in [-0.2, -0.15) is 0 Å². The number of nitrogens with zero attached hydrogens (tertiary/aromatic N) is 2. The van der Waals surface area contributed by atoms with Crippen molar-refractivity contribution in [3.8, 4) is 0 Å². The van der Waals surface area contributed by atoms with E-state index in [1.807, 2.05) is 31.6 Å². The highest BCUT2D eigenvalue weighted by atomic mass is 16.3. The SMILES string of the molecule is Cn1ccnc1C(NCC(C1CC1)C1CC1)c1ccco1. The number of imidazole rings is 1. The second kappa shape index (κ2) is 5.34. The van der Waals surface area contributed by atoms with E-state index >= 15 is 0 Å². The molecule has 2 aromatic heterocycles. The summed E-state index contributed by atoms with van der Waals surface area (Å²) in [5.74, 6) is 4.75. The van der Waals surface area contributed by atoms with Crippen LogP contribution in [-0.4, -0.2) is 16.1 Å². The molecule has 2 aliphatic rings. The van der Waals surface area contributed by atoms with Crippen molar-refractivity contribution in [2.24, 2.45) is 24.8 Å². The smallest absolute Gasteiger partial charge is 0.133 e. The summed E-state index contributed by atoms with van der Waals surface area (Å²) in [6, 6.07) is 4.04. The third-order valence-electron chi connectivity index (χ3n) is 4.96. The van der Waals surface area contributed by atoms with Gasteiger partial charge in [0.1, 0.15) is 17.6 Å². The molecule has 21 heavy (non-hydrogen) atoms. The molecule has 2 fully saturated rings. The van der Waals surface area contributed by atoms with Crippen LogP contribution in [0, 0.1) is 17.8 Å². The van der Waals surface area contributed by atoms with Crippen molar-refractivity contribution in [2.75, 3.05) is 6.54 Å². The van der Waals surface area contributed by atoms with Crippen LogP contribution < -0.4 is 5.32 Å². The average Bonchev–Trinajstić information content (AvgIpc) is 3.41. The lowest BCUT2D eigenvalue weighted by molar-refractivity contribution is 0.344. The number of furan rings is 1. The minimum atomic E-state index is 0.0556. The van der Waals surface area contributed by atoms with Crippen LogP contribution in [0.1, 0.15) is 43.3 Å². The zero-order chi connectivity index (χ0) is 14.2. The number of nitrogens with one attached hydrogen (secondary N) is 1. The van der Waals surface area contributed by atoms with E-state index in [0.29, 0.717) is 0 Å². The molecule has 0 aromatic carbocycles. The summed E-state index contributed by atoms with van der Waals surface area (Å²) in [5, 5.41) is 3.73. The van der Waals surface area contributed by atoms with Crippen molar-refractivity contribution < 1.29 is 4.42 Å². The zero-order valence-electron chi connectivity index (χ0n) is 12.5. The largest absolute Gasteiger partial charge is 0.467 e. The molecular weight excluding hydrogens is 262 g/mol. The minimum absolute atomic E-state index is 0.0556. The van der Waals surface area contributed by atoms with Crippen LogP contribution >= 0.6 is 0 Å². The molecule has 0 bridgehead atoms. The lowest BCUT2D eigenvalue weighted by Crippen LogP contribution is -2.31. The van der Waals surface area contributed by atoms with Crippen molar-refractivity contribution >= 4 is 0 Å². The molecule has 2 heterocycles. The van der Waals surface area contributed by atoms with E-state index in [1.54, 1.807) is 6.26 Å². The molecule has 112 valence electrons. The normalized spacial score (nSPS) is 20.1. The van der Waals surface area contributed by atoms with E-state index in [2.05, 4.69) is 14.9 Å². The number of hydrogen-bond donors (Lipinski definition) is 1. The minimum Gasteiger partial charge on any atom is -0.467 e. The molecule has 2 aliphatic carbocycles. The van der Waals surface area contributed by atoms with Gasteiger partial charge in [-0.1, -0.05) is 0 Å². The summed E-state index contributed by atoms with van der Waals surface area (Å²) < 4.78 is 7.72. The molecule has 0 amide bonds. The quantitative estimate of drug-likeness (QED) is 0.850. The average molecular weight is 285 g/mol. The fourth-order valence-electron chi connectivity index (χ4n) is 3.45. The molecule has 1 N–H and O–H groups in total. The van der Waals surface area contributed by atoms with Crippen molar-refractivity contribution in [2.45, 2.75) is 31.7 Å². The first kappa shape index (κ1) is 13.1. The van der Waals surface area contributed by atoms with Crippen LogP contribution in [0.25, 0.3) is 0 Å². The second-order valence-corrected chi connectivity index (χ2v) is 6.59. The molecule has 1 atom stereocenters. The number of aryl methyl sites for hydroxylation is 1. The summed E-state index contributed by atoms with van der Waals surface area (Å²) in [5.41, 5.74) is 0. The second-order valence-electron chi connectivity index (χ2n) is 6.59. The molecule has 2 saturated carbocycles. The summed E-state index contributed by atoms with van der Waals surface area (Å²) in [7, 11) is 2.04. The van der Waals surface area contributed by atoms with Gasteiger partial charge in [0.25, 0.3) is 0 Å². The van der Waals surface area contributed by atoms with Crippen LogP contribution in [0.4, 0.5) is 0 Å². The molecule has 0 aliphatic heterocycles. The first-order chi connectivity index (χ1) is 10.3. The number of hydrogen-bond acceptors (Lipinski definition) is 3. The van der Waals surface area contributed by atoms with E-state index in [-0.39, 0.29) is 6.04 Å². The Morgan fingerprint density at radius 3 is 2.62 bits per heavy atom. The van der Waals surface area contributed by atoms with Gasteiger partial charge in [0.15, 0.2) is 0 Å². The Kier molecular flexibility index (Phi) is 3.34. The fraction of sp³-hybridized carbons (Fsp3) is 0.588. The highest BCUT2D eigenvalue weighted by Crippen LogP contribution is 2.49. The predicted octanol–water partition coefficient (Wildman–Crippen LogP) is 3.13. The highest BCUT2D eigenvalue weighted by molar-refractivity contribution is 5.16. The molecule has 2 aromatic rings. The monoisotopic (exact) mass is 285 g/mol. The Balaban J connectivity index is 1.51. The molecule has 4 heteroatoms. The first-order valence-electron chi connectivity index (χ1n) is 8.07. The number of aromatic nitrogens is 2. The molecule has 1 unspecified atom stereocenters. The van der Waals surface area contributed by atoms with Crippen molar-refractivity contribution in [1.82, 2.24) is 14.9 Å². The van der Waals surface area contributed by atoms with Crippen LogP contribution in [0.2, 0.25) is 0 Å². The van der Waals surface area contributed by atoms with Crippen LogP contribution in [0.5, 0.6) is 0 Å². The van der Waals surface area contributed by atoms with Gasteiger partial charge in [0, 0.05) is 19.4 Å². The topological polar surface area (TPSA) is 43.0 Å². The van der Waals surface area contributed by atoms with Gasteiger partial charge in [-0.15, -0.1) is 0 Å². The molecule has 0 spiro atoms. The van der Waals surface area contributed by atoms with Crippen LogP contribution in [0.15, 0.2) is 35.2 Å². The Morgan fingerprint density at radius 2 is 2.10 bits per heavy atom. The van der Waals surface area contributed by atoms with Crippen molar-refractivity contribution in [1.29, 1.82) is 0 Å².